The van der Waals surface area contributed by atoms with Crippen LogP contribution >= 0.6 is 11.8 Å². The standard InChI is InChI=1S/C21H24N6O2S/c1-29-19-7-5-18(6-8-19)27-16-23-24-21(27)30-15-20(28)26-12-10-25(11-13-26)14-17-4-2-3-9-22-17/h2-9,16H,10-15H2,1H3. The van der Waals surface area contributed by atoms with Gasteiger partial charge in [0.15, 0.2) is 5.16 Å². The number of benzene rings is 1. The molecule has 0 radical (unpaired) electrons. The lowest BCUT2D eigenvalue weighted by Crippen LogP contribution is -2.48. The number of aromatic nitrogens is 4. The van der Waals surface area contributed by atoms with Crippen LogP contribution in [0.15, 0.2) is 60.1 Å². The first-order valence-electron chi connectivity index (χ1n) is 9.80. The second-order valence-corrected chi connectivity index (χ2v) is 7.89. The van der Waals surface area contributed by atoms with Crippen LogP contribution in [0.1, 0.15) is 5.69 Å². The minimum absolute atomic E-state index is 0.127. The van der Waals surface area contributed by atoms with Crippen molar-refractivity contribution in [2.75, 3.05) is 39.0 Å². The van der Waals surface area contributed by atoms with E-state index < -0.39 is 0 Å². The average molecular weight is 425 g/mol. The highest BCUT2D eigenvalue weighted by atomic mass is 32.2. The van der Waals surface area contributed by atoms with Crippen LogP contribution in [0.25, 0.3) is 5.69 Å². The minimum atomic E-state index is 0.127. The van der Waals surface area contributed by atoms with Gasteiger partial charge in [-0.25, -0.2) is 0 Å². The van der Waals surface area contributed by atoms with Gasteiger partial charge < -0.3 is 9.64 Å². The Labute approximate surface area is 179 Å². The third-order valence-electron chi connectivity index (χ3n) is 5.03. The van der Waals surface area contributed by atoms with E-state index in [9.17, 15) is 4.79 Å². The molecule has 1 fully saturated rings. The van der Waals surface area contributed by atoms with Gasteiger partial charge in [0.1, 0.15) is 12.1 Å². The summed E-state index contributed by atoms with van der Waals surface area (Å²) in [5, 5.41) is 8.87. The van der Waals surface area contributed by atoms with E-state index in [1.54, 1.807) is 13.4 Å². The number of amides is 1. The quantitative estimate of drug-likeness (QED) is 0.538. The Morgan fingerprint density at radius 2 is 1.90 bits per heavy atom. The molecule has 0 unspecified atom stereocenters. The van der Waals surface area contributed by atoms with E-state index in [0.29, 0.717) is 10.9 Å². The van der Waals surface area contributed by atoms with Gasteiger partial charge in [0.2, 0.25) is 5.91 Å². The number of methoxy groups -OCH3 is 1. The fourth-order valence-corrected chi connectivity index (χ4v) is 4.17. The molecular weight excluding hydrogens is 400 g/mol. The number of carbonyl (C=O) groups is 1. The lowest BCUT2D eigenvalue weighted by atomic mass is 10.2. The molecule has 0 atom stereocenters. The van der Waals surface area contributed by atoms with E-state index >= 15 is 0 Å². The van der Waals surface area contributed by atoms with Gasteiger partial charge in [0.25, 0.3) is 0 Å². The maximum absolute atomic E-state index is 12.7. The zero-order chi connectivity index (χ0) is 20.8. The molecule has 0 spiro atoms. The Morgan fingerprint density at radius 3 is 2.60 bits per heavy atom. The summed E-state index contributed by atoms with van der Waals surface area (Å²) in [6.45, 7) is 4.00. The first kappa shape index (κ1) is 20.4. The zero-order valence-corrected chi connectivity index (χ0v) is 17.7. The summed E-state index contributed by atoms with van der Waals surface area (Å²) in [7, 11) is 1.64. The van der Waals surface area contributed by atoms with Gasteiger partial charge >= 0.3 is 0 Å². The molecule has 8 nitrogen and oxygen atoms in total. The summed E-state index contributed by atoms with van der Waals surface area (Å²) < 4.78 is 7.08. The van der Waals surface area contributed by atoms with Gasteiger partial charge in [-0.15, -0.1) is 10.2 Å². The fourth-order valence-electron chi connectivity index (χ4n) is 3.34. The maximum atomic E-state index is 12.7. The Hall–Kier alpha value is -2.91. The number of hydrogen-bond donors (Lipinski definition) is 0. The molecule has 1 amide bonds. The van der Waals surface area contributed by atoms with Crippen LogP contribution < -0.4 is 4.74 Å². The van der Waals surface area contributed by atoms with Crippen molar-refractivity contribution < 1.29 is 9.53 Å². The van der Waals surface area contributed by atoms with Crippen LogP contribution in [0.5, 0.6) is 5.75 Å². The Morgan fingerprint density at radius 1 is 1.10 bits per heavy atom. The van der Waals surface area contributed by atoms with Crippen LogP contribution in [0.3, 0.4) is 0 Å². The van der Waals surface area contributed by atoms with E-state index in [0.717, 1.165) is 49.9 Å². The summed E-state index contributed by atoms with van der Waals surface area (Å²) in [4.78, 5) is 21.3. The highest BCUT2D eigenvalue weighted by Crippen LogP contribution is 2.22. The molecule has 3 heterocycles. The predicted octanol–water partition coefficient (Wildman–Crippen LogP) is 2.11. The van der Waals surface area contributed by atoms with Gasteiger partial charge in [0, 0.05) is 44.6 Å². The first-order valence-corrected chi connectivity index (χ1v) is 10.8. The monoisotopic (exact) mass is 424 g/mol. The normalized spacial score (nSPS) is 14.6. The molecule has 1 aromatic carbocycles. The van der Waals surface area contributed by atoms with Crippen molar-refractivity contribution in [1.82, 2.24) is 29.5 Å². The Bertz CT molecular complexity index is 955. The van der Waals surface area contributed by atoms with Crippen LogP contribution in [0, 0.1) is 0 Å². The van der Waals surface area contributed by atoms with Crippen molar-refractivity contribution in [3.63, 3.8) is 0 Å². The molecular formula is C21H24N6O2S. The van der Waals surface area contributed by atoms with Crippen LogP contribution in [-0.4, -0.2) is 74.5 Å². The van der Waals surface area contributed by atoms with Crippen molar-refractivity contribution in [3.8, 4) is 11.4 Å². The molecule has 156 valence electrons. The average Bonchev–Trinajstić information content (AvgIpc) is 3.27. The molecule has 0 bridgehead atoms. The second kappa shape index (κ2) is 9.73. The fraction of sp³-hybridized carbons (Fsp3) is 0.333. The van der Waals surface area contributed by atoms with Crippen LogP contribution in [0.2, 0.25) is 0 Å². The van der Waals surface area contributed by atoms with Crippen LogP contribution in [0.4, 0.5) is 0 Å². The summed E-state index contributed by atoms with van der Waals surface area (Å²) in [6, 6.07) is 13.6. The third-order valence-corrected chi connectivity index (χ3v) is 5.96. The number of ether oxygens (including phenoxy) is 1. The van der Waals surface area contributed by atoms with Crippen molar-refractivity contribution in [3.05, 3.63) is 60.7 Å². The Kier molecular flexibility index (Phi) is 6.60. The zero-order valence-electron chi connectivity index (χ0n) is 16.8. The summed E-state index contributed by atoms with van der Waals surface area (Å²) in [5.74, 6) is 1.26. The van der Waals surface area contributed by atoms with Crippen molar-refractivity contribution >= 4 is 17.7 Å². The molecule has 0 saturated carbocycles. The SMILES string of the molecule is COc1ccc(-n2cnnc2SCC(=O)N2CCN(Cc3ccccn3)CC2)cc1. The van der Waals surface area contributed by atoms with Gasteiger partial charge in [-0.3, -0.25) is 19.2 Å². The molecule has 9 heteroatoms. The number of thioether (sulfide) groups is 1. The molecule has 1 aliphatic rings. The minimum Gasteiger partial charge on any atom is -0.497 e. The number of pyridine rings is 1. The highest BCUT2D eigenvalue weighted by molar-refractivity contribution is 7.99. The molecule has 0 N–H and O–H groups in total. The molecule has 0 aliphatic carbocycles. The third kappa shape index (κ3) is 4.98. The topological polar surface area (TPSA) is 76.4 Å². The van der Waals surface area contributed by atoms with E-state index in [-0.39, 0.29) is 5.91 Å². The van der Waals surface area contributed by atoms with Crippen molar-refractivity contribution in [2.24, 2.45) is 0 Å². The molecule has 1 aliphatic heterocycles. The van der Waals surface area contributed by atoms with E-state index in [2.05, 4.69) is 20.1 Å². The number of hydrogen-bond acceptors (Lipinski definition) is 7. The van der Waals surface area contributed by atoms with Crippen LogP contribution in [-0.2, 0) is 11.3 Å². The second-order valence-electron chi connectivity index (χ2n) is 6.95. The van der Waals surface area contributed by atoms with E-state index in [1.165, 1.54) is 11.8 Å². The van der Waals surface area contributed by atoms with Gasteiger partial charge in [0.05, 0.1) is 18.6 Å². The van der Waals surface area contributed by atoms with E-state index in [1.807, 2.05) is 58.1 Å². The summed E-state index contributed by atoms with van der Waals surface area (Å²) >= 11 is 1.41. The largest absolute Gasteiger partial charge is 0.497 e. The number of piperazine rings is 1. The Balaban J connectivity index is 1.28. The highest BCUT2D eigenvalue weighted by Gasteiger charge is 2.22. The summed E-state index contributed by atoms with van der Waals surface area (Å²) in [5.41, 5.74) is 1.99. The molecule has 4 rings (SSSR count). The molecule has 1 saturated heterocycles. The maximum Gasteiger partial charge on any atom is 0.233 e. The summed E-state index contributed by atoms with van der Waals surface area (Å²) in [6.07, 6.45) is 3.47. The smallest absolute Gasteiger partial charge is 0.233 e. The number of carbonyl (C=O) groups excluding carboxylic acids is 1. The number of rotatable bonds is 7. The number of nitrogens with zero attached hydrogens (tertiary/aromatic N) is 6. The molecule has 2 aromatic heterocycles. The predicted molar refractivity (Wildman–Crippen MR) is 115 cm³/mol. The van der Waals surface area contributed by atoms with Crippen molar-refractivity contribution in [1.29, 1.82) is 0 Å². The first-order chi connectivity index (χ1) is 14.7. The molecule has 30 heavy (non-hydrogen) atoms. The van der Waals surface area contributed by atoms with Gasteiger partial charge in [-0.2, -0.15) is 0 Å². The molecule has 3 aromatic rings. The lowest BCUT2D eigenvalue weighted by molar-refractivity contribution is -0.130. The van der Waals surface area contributed by atoms with Gasteiger partial charge in [-0.05, 0) is 36.4 Å². The van der Waals surface area contributed by atoms with Gasteiger partial charge in [-0.1, -0.05) is 17.8 Å². The van der Waals surface area contributed by atoms with Crippen molar-refractivity contribution in [2.45, 2.75) is 11.7 Å². The van der Waals surface area contributed by atoms with E-state index in [4.69, 9.17) is 4.74 Å². The lowest BCUT2D eigenvalue weighted by Gasteiger charge is -2.34.